The number of imide groups is 1. The minimum absolute atomic E-state index is 0.214. The first kappa shape index (κ1) is 18.5. The van der Waals surface area contributed by atoms with Gasteiger partial charge in [-0.1, -0.05) is 6.92 Å². The lowest BCUT2D eigenvalue weighted by atomic mass is 9.76. The van der Waals surface area contributed by atoms with E-state index in [1.165, 1.54) is 23.1 Å². The van der Waals surface area contributed by atoms with Crippen LogP contribution in [-0.4, -0.2) is 40.6 Å². The van der Waals surface area contributed by atoms with E-state index in [4.69, 9.17) is 5.73 Å². The number of fused-ring (bicyclic) bond motifs is 4. The normalized spacial score (nSPS) is 31.9. The summed E-state index contributed by atoms with van der Waals surface area (Å²) in [7, 11) is 0. The summed E-state index contributed by atoms with van der Waals surface area (Å²) in [4.78, 5) is 52.2. The van der Waals surface area contributed by atoms with Crippen molar-refractivity contribution in [2.75, 3.05) is 5.32 Å². The average Bonchev–Trinajstić information content (AvgIpc) is 3.20. The molecule has 1 aromatic carbocycles. The highest BCUT2D eigenvalue weighted by atomic mass is 19.1. The van der Waals surface area contributed by atoms with Crippen LogP contribution in [0.5, 0.6) is 0 Å². The summed E-state index contributed by atoms with van der Waals surface area (Å²) in [6.45, 7) is 3.60. The van der Waals surface area contributed by atoms with Crippen LogP contribution in [0.1, 0.15) is 32.3 Å². The van der Waals surface area contributed by atoms with E-state index < -0.39 is 52.9 Å². The van der Waals surface area contributed by atoms with Gasteiger partial charge in [0.15, 0.2) is 0 Å². The molecule has 4 N–H and O–H groups in total. The third kappa shape index (κ3) is 2.25. The number of nitrogens with one attached hydrogen (secondary N) is 2. The Kier molecular flexibility index (Phi) is 4.04. The Hall–Kier alpha value is -2.81. The van der Waals surface area contributed by atoms with Crippen molar-refractivity contribution in [2.24, 2.45) is 17.6 Å². The standard InChI is InChI=1S/C19H21FN4O4/c1-3-8(2)24-16(26)14-12(7-13(21)25)23-19(15(14)17(24)27)10-6-9(20)4-5-11(10)22-18(19)28/h4-6,8,12,14-15,23H,3,7H2,1-2H3,(H2,21,25)(H,22,28)/t8-,12+,14-,15+,19-/m1/s1. The fourth-order valence-electron chi connectivity index (χ4n) is 4.80. The third-order valence-electron chi connectivity index (χ3n) is 6.16. The van der Waals surface area contributed by atoms with E-state index in [-0.39, 0.29) is 18.0 Å². The van der Waals surface area contributed by atoms with E-state index in [0.717, 1.165) is 0 Å². The molecule has 0 unspecified atom stereocenters. The van der Waals surface area contributed by atoms with Gasteiger partial charge in [0.1, 0.15) is 11.4 Å². The molecule has 1 spiro atoms. The summed E-state index contributed by atoms with van der Waals surface area (Å²) in [6.07, 6.45) is 0.337. The number of halogens is 1. The number of hydrogen-bond donors (Lipinski definition) is 3. The van der Waals surface area contributed by atoms with Crippen molar-refractivity contribution < 1.29 is 23.6 Å². The molecule has 3 heterocycles. The van der Waals surface area contributed by atoms with Crippen LogP contribution >= 0.6 is 0 Å². The number of hydrogen-bond acceptors (Lipinski definition) is 5. The van der Waals surface area contributed by atoms with Crippen LogP contribution in [0.2, 0.25) is 0 Å². The zero-order valence-electron chi connectivity index (χ0n) is 15.5. The molecule has 5 atom stereocenters. The van der Waals surface area contributed by atoms with Crippen LogP contribution in [0.3, 0.4) is 0 Å². The second kappa shape index (κ2) is 6.10. The van der Waals surface area contributed by atoms with Gasteiger partial charge in [0, 0.05) is 29.8 Å². The Balaban J connectivity index is 1.90. The highest BCUT2D eigenvalue weighted by Gasteiger charge is 2.70. The molecular formula is C19H21FN4O4. The largest absolute Gasteiger partial charge is 0.370 e. The number of carbonyl (C=O) groups excluding carboxylic acids is 4. The van der Waals surface area contributed by atoms with E-state index in [1.807, 2.05) is 6.92 Å². The van der Waals surface area contributed by atoms with Gasteiger partial charge in [-0.25, -0.2) is 4.39 Å². The average molecular weight is 388 g/mol. The fraction of sp³-hybridized carbons (Fsp3) is 0.474. The molecule has 8 nitrogen and oxygen atoms in total. The molecule has 9 heteroatoms. The molecule has 4 amide bonds. The summed E-state index contributed by atoms with van der Waals surface area (Å²) in [6, 6.07) is 2.66. The second-order valence-electron chi connectivity index (χ2n) is 7.68. The Morgan fingerprint density at radius 2 is 2.04 bits per heavy atom. The first-order valence-corrected chi connectivity index (χ1v) is 9.26. The fourth-order valence-corrected chi connectivity index (χ4v) is 4.80. The molecular weight excluding hydrogens is 367 g/mol. The maximum absolute atomic E-state index is 14.0. The monoisotopic (exact) mass is 388 g/mol. The number of nitrogens with two attached hydrogens (primary N) is 1. The Morgan fingerprint density at radius 1 is 1.32 bits per heavy atom. The zero-order chi connectivity index (χ0) is 20.4. The van der Waals surface area contributed by atoms with Gasteiger partial charge in [-0.05, 0) is 31.5 Å². The summed E-state index contributed by atoms with van der Waals surface area (Å²) in [5.41, 5.74) is 4.38. The van der Waals surface area contributed by atoms with Crippen LogP contribution in [0.4, 0.5) is 10.1 Å². The molecule has 0 aliphatic carbocycles. The third-order valence-corrected chi connectivity index (χ3v) is 6.16. The van der Waals surface area contributed by atoms with Crippen LogP contribution in [0, 0.1) is 17.7 Å². The van der Waals surface area contributed by atoms with Crippen LogP contribution in [0.25, 0.3) is 0 Å². The van der Waals surface area contributed by atoms with E-state index in [9.17, 15) is 23.6 Å². The van der Waals surface area contributed by atoms with Gasteiger partial charge in [0.25, 0.3) is 0 Å². The molecule has 3 aliphatic heterocycles. The SMILES string of the molecule is CC[C@@H](C)N1C(=O)[C@@H]2[C@H](CC(N)=O)N[C@@]3(C(=O)Nc4ccc(F)cc43)[C@@H]2C1=O. The minimum atomic E-state index is -1.61. The topological polar surface area (TPSA) is 122 Å². The molecule has 2 saturated heterocycles. The predicted octanol–water partition coefficient (Wildman–Crippen LogP) is 0.220. The summed E-state index contributed by atoms with van der Waals surface area (Å²) in [5, 5.41) is 5.69. The van der Waals surface area contributed by atoms with Gasteiger partial charge < -0.3 is 11.1 Å². The lowest BCUT2D eigenvalue weighted by Gasteiger charge is -2.31. The predicted molar refractivity (Wildman–Crippen MR) is 96.0 cm³/mol. The minimum Gasteiger partial charge on any atom is -0.370 e. The van der Waals surface area contributed by atoms with Crippen LogP contribution in [0.15, 0.2) is 18.2 Å². The van der Waals surface area contributed by atoms with Crippen molar-refractivity contribution in [1.82, 2.24) is 10.2 Å². The van der Waals surface area contributed by atoms with Crippen molar-refractivity contribution in [1.29, 1.82) is 0 Å². The van der Waals surface area contributed by atoms with Gasteiger partial charge >= 0.3 is 0 Å². The second-order valence-corrected chi connectivity index (χ2v) is 7.68. The number of anilines is 1. The highest BCUT2D eigenvalue weighted by Crippen LogP contribution is 2.53. The molecule has 148 valence electrons. The number of carbonyl (C=O) groups is 4. The molecule has 2 fully saturated rings. The molecule has 0 aromatic heterocycles. The van der Waals surface area contributed by atoms with Crippen molar-refractivity contribution >= 4 is 29.3 Å². The van der Waals surface area contributed by atoms with E-state index in [0.29, 0.717) is 12.1 Å². The number of rotatable bonds is 4. The maximum atomic E-state index is 14.0. The van der Waals surface area contributed by atoms with Crippen molar-refractivity contribution in [3.63, 3.8) is 0 Å². The van der Waals surface area contributed by atoms with E-state index in [1.54, 1.807) is 6.92 Å². The summed E-state index contributed by atoms with van der Waals surface area (Å²) in [5.74, 6) is -4.68. The molecule has 0 radical (unpaired) electrons. The van der Waals surface area contributed by atoms with Crippen molar-refractivity contribution in [3.8, 4) is 0 Å². The Labute approximate surface area is 160 Å². The number of likely N-dealkylation sites (tertiary alicyclic amines) is 1. The lowest BCUT2D eigenvalue weighted by Crippen LogP contribution is -2.54. The van der Waals surface area contributed by atoms with Crippen molar-refractivity contribution in [3.05, 3.63) is 29.6 Å². The summed E-state index contributed by atoms with van der Waals surface area (Å²) < 4.78 is 14.0. The number of primary amides is 1. The van der Waals surface area contributed by atoms with Gasteiger partial charge in [-0.3, -0.25) is 29.4 Å². The number of nitrogens with zero attached hydrogens (tertiary/aromatic N) is 1. The Morgan fingerprint density at radius 3 is 2.68 bits per heavy atom. The maximum Gasteiger partial charge on any atom is 0.250 e. The molecule has 28 heavy (non-hydrogen) atoms. The highest BCUT2D eigenvalue weighted by molar-refractivity contribution is 6.15. The molecule has 4 rings (SSSR count). The van der Waals surface area contributed by atoms with Gasteiger partial charge in [0.2, 0.25) is 23.6 Å². The Bertz CT molecular complexity index is 919. The first-order valence-electron chi connectivity index (χ1n) is 9.26. The van der Waals surface area contributed by atoms with E-state index >= 15 is 0 Å². The van der Waals surface area contributed by atoms with Crippen LogP contribution < -0.4 is 16.4 Å². The van der Waals surface area contributed by atoms with Gasteiger partial charge in [0.05, 0.1) is 11.8 Å². The smallest absolute Gasteiger partial charge is 0.250 e. The van der Waals surface area contributed by atoms with Crippen molar-refractivity contribution in [2.45, 2.75) is 44.3 Å². The summed E-state index contributed by atoms with van der Waals surface area (Å²) >= 11 is 0. The molecule has 1 aromatic rings. The van der Waals surface area contributed by atoms with Gasteiger partial charge in [-0.15, -0.1) is 0 Å². The molecule has 0 saturated carbocycles. The zero-order valence-corrected chi connectivity index (χ0v) is 15.5. The molecule has 3 aliphatic rings. The quantitative estimate of drug-likeness (QED) is 0.637. The van der Waals surface area contributed by atoms with Crippen LogP contribution in [-0.2, 0) is 24.7 Å². The molecule has 0 bridgehead atoms. The number of benzene rings is 1. The lowest BCUT2D eigenvalue weighted by molar-refractivity contribution is -0.145. The van der Waals surface area contributed by atoms with E-state index in [2.05, 4.69) is 10.6 Å². The number of amides is 4. The van der Waals surface area contributed by atoms with Gasteiger partial charge in [-0.2, -0.15) is 0 Å². The first-order chi connectivity index (χ1) is 13.2.